The first kappa shape index (κ1) is 14.7. The van der Waals surface area contributed by atoms with Crippen molar-refractivity contribution < 1.29 is 18.7 Å². The van der Waals surface area contributed by atoms with Gasteiger partial charge < -0.3 is 14.9 Å². The molecule has 0 unspecified atom stereocenters. The van der Waals surface area contributed by atoms with Gasteiger partial charge >= 0.3 is 5.91 Å². The third-order valence-electron chi connectivity index (χ3n) is 2.96. The maximum absolute atomic E-state index is 12.1. The molecule has 0 fully saturated rings. The number of hydrogen-bond donors (Lipinski definition) is 1. The van der Waals surface area contributed by atoms with Gasteiger partial charge in [0.05, 0.1) is 18.5 Å². The summed E-state index contributed by atoms with van der Waals surface area (Å²) in [7, 11) is 1.46. The first-order valence-corrected chi connectivity index (χ1v) is 6.35. The monoisotopic (exact) mass is 289 g/mol. The number of ether oxygens (including phenoxy) is 1. The van der Waals surface area contributed by atoms with E-state index >= 15 is 0 Å². The smallest absolute Gasteiger partial charge is 0.314 e. The van der Waals surface area contributed by atoms with Gasteiger partial charge in [-0.1, -0.05) is 6.92 Å². The van der Waals surface area contributed by atoms with Gasteiger partial charge in [-0.2, -0.15) is 0 Å². The molecule has 1 aromatic rings. The summed E-state index contributed by atoms with van der Waals surface area (Å²) < 4.78 is 10.1. The van der Waals surface area contributed by atoms with E-state index in [4.69, 9.17) is 14.9 Å². The minimum absolute atomic E-state index is 0.104. The van der Waals surface area contributed by atoms with E-state index in [2.05, 4.69) is 9.98 Å². The van der Waals surface area contributed by atoms with Crippen molar-refractivity contribution in [3.05, 3.63) is 41.3 Å². The highest BCUT2D eigenvalue weighted by Crippen LogP contribution is 2.17. The lowest BCUT2D eigenvalue weighted by Gasteiger charge is -2.12. The molecule has 1 heterocycles. The van der Waals surface area contributed by atoms with Crippen molar-refractivity contribution in [1.82, 2.24) is 4.98 Å². The highest BCUT2D eigenvalue weighted by molar-refractivity contribution is 6.12. The number of aryl methyl sites for hydroxylation is 1. The molecule has 7 heteroatoms. The number of carbonyl (C=O) groups excluding carboxylic acids is 2. The number of nitrogens with two attached hydrogens (primary N) is 1. The van der Waals surface area contributed by atoms with Gasteiger partial charge in [-0.15, -0.1) is 0 Å². The van der Waals surface area contributed by atoms with Crippen molar-refractivity contribution in [2.45, 2.75) is 19.8 Å². The molecule has 0 aliphatic heterocycles. The van der Waals surface area contributed by atoms with Gasteiger partial charge in [0.1, 0.15) is 5.76 Å². The number of amides is 2. The van der Waals surface area contributed by atoms with E-state index in [0.29, 0.717) is 29.2 Å². The second kappa shape index (κ2) is 6.17. The molecule has 21 heavy (non-hydrogen) atoms. The van der Waals surface area contributed by atoms with Crippen molar-refractivity contribution in [1.29, 1.82) is 0 Å². The number of aliphatic imine (C=N–C) groups is 1. The molecule has 1 aliphatic rings. The first-order valence-electron chi connectivity index (χ1n) is 6.35. The molecule has 0 spiro atoms. The minimum Gasteiger partial charge on any atom is -0.497 e. The summed E-state index contributed by atoms with van der Waals surface area (Å²) in [6, 6.07) is 0. The number of primary amides is 1. The van der Waals surface area contributed by atoms with E-state index in [9.17, 15) is 9.59 Å². The van der Waals surface area contributed by atoms with Crippen LogP contribution in [0.3, 0.4) is 0 Å². The molecule has 2 rings (SSSR count). The summed E-state index contributed by atoms with van der Waals surface area (Å²) >= 11 is 0. The highest BCUT2D eigenvalue weighted by Gasteiger charge is 2.19. The third-order valence-corrected chi connectivity index (χ3v) is 2.96. The van der Waals surface area contributed by atoms with Crippen molar-refractivity contribution in [3.8, 4) is 0 Å². The van der Waals surface area contributed by atoms with Crippen LogP contribution in [0.5, 0.6) is 0 Å². The number of methoxy groups -OCH3 is 1. The molecule has 2 amide bonds. The van der Waals surface area contributed by atoms with Gasteiger partial charge in [0, 0.05) is 18.1 Å². The number of nitrogens with zero attached hydrogens (tertiary/aromatic N) is 2. The maximum atomic E-state index is 12.1. The van der Waals surface area contributed by atoms with Crippen molar-refractivity contribution in [2.24, 2.45) is 10.7 Å². The van der Waals surface area contributed by atoms with Gasteiger partial charge in [0.15, 0.2) is 6.39 Å². The number of oxazole rings is 1. The fourth-order valence-corrected chi connectivity index (χ4v) is 1.90. The van der Waals surface area contributed by atoms with Crippen LogP contribution in [0, 0.1) is 0 Å². The van der Waals surface area contributed by atoms with Crippen molar-refractivity contribution in [3.63, 3.8) is 0 Å². The predicted octanol–water partition coefficient (Wildman–Crippen LogP) is 1.16. The molecule has 0 radical (unpaired) electrons. The maximum Gasteiger partial charge on any atom is 0.314 e. The Bertz CT molecular complexity index is 668. The number of carbonyl (C=O) groups is 2. The second-order valence-corrected chi connectivity index (χ2v) is 4.35. The Hall–Kier alpha value is -2.70. The molecule has 0 saturated heterocycles. The van der Waals surface area contributed by atoms with E-state index in [0.717, 1.165) is 0 Å². The zero-order chi connectivity index (χ0) is 15.4. The largest absolute Gasteiger partial charge is 0.497 e. The summed E-state index contributed by atoms with van der Waals surface area (Å²) in [4.78, 5) is 31.3. The summed E-state index contributed by atoms with van der Waals surface area (Å²) in [5, 5.41) is 0. The van der Waals surface area contributed by atoms with Crippen LogP contribution < -0.4 is 5.73 Å². The summed E-state index contributed by atoms with van der Waals surface area (Å²) in [6.07, 6.45) is 5.04. The Kier molecular flexibility index (Phi) is 4.32. The topological polar surface area (TPSA) is 108 Å². The summed E-state index contributed by atoms with van der Waals surface area (Å²) in [5.41, 5.74) is 6.51. The van der Waals surface area contributed by atoms with Crippen LogP contribution in [-0.4, -0.2) is 29.6 Å². The second-order valence-electron chi connectivity index (χ2n) is 4.35. The van der Waals surface area contributed by atoms with Gasteiger partial charge in [-0.05, 0) is 12.5 Å². The molecular formula is C14H15N3O4. The zero-order valence-corrected chi connectivity index (χ0v) is 11.8. The average Bonchev–Trinajstić information content (AvgIpc) is 2.95. The normalized spacial score (nSPS) is 16.4. The molecule has 1 aromatic heterocycles. The Labute approximate surface area is 121 Å². The molecule has 7 nitrogen and oxygen atoms in total. The summed E-state index contributed by atoms with van der Waals surface area (Å²) in [5.74, 6) is -0.606. The van der Waals surface area contributed by atoms with Gasteiger partial charge in [0.2, 0.25) is 11.7 Å². The van der Waals surface area contributed by atoms with Crippen molar-refractivity contribution in [2.75, 3.05) is 7.11 Å². The Morgan fingerprint density at radius 2 is 2.24 bits per heavy atom. The predicted molar refractivity (Wildman–Crippen MR) is 74.6 cm³/mol. The number of aromatic nitrogens is 1. The van der Waals surface area contributed by atoms with Gasteiger partial charge in [-0.25, -0.2) is 9.98 Å². The summed E-state index contributed by atoms with van der Waals surface area (Å²) in [6.45, 7) is 1.86. The SMILES string of the molecule is CCc1ncoc1C(=O)N=C1C=C(OC)C=C(C(N)=O)C1. The van der Waals surface area contributed by atoms with E-state index in [-0.39, 0.29) is 12.2 Å². The Balaban J connectivity index is 2.29. The molecule has 110 valence electrons. The molecule has 0 bridgehead atoms. The van der Waals surface area contributed by atoms with E-state index < -0.39 is 11.8 Å². The lowest BCUT2D eigenvalue weighted by molar-refractivity contribution is -0.114. The fourth-order valence-electron chi connectivity index (χ4n) is 1.90. The van der Waals surface area contributed by atoms with E-state index in [1.807, 2.05) is 6.92 Å². The van der Waals surface area contributed by atoms with Crippen LogP contribution in [0.15, 0.2) is 39.3 Å². The molecular weight excluding hydrogens is 274 g/mol. The Morgan fingerprint density at radius 3 is 2.86 bits per heavy atom. The Morgan fingerprint density at radius 1 is 1.48 bits per heavy atom. The number of rotatable bonds is 4. The van der Waals surface area contributed by atoms with E-state index in [1.165, 1.54) is 19.6 Å². The van der Waals surface area contributed by atoms with Crippen LogP contribution in [0.2, 0.25) is 0 Å². The van der Waals surface area contributed by atoms with Gasteiger partial charge in [0.25, 0.3) is 0 Å². The lowest BCUT2D eigenvalue weighted by Crippen LogP contribution is -2.19. The molecule has 0 saturated carbocycles. The van der Waals surface area contributed by atoms with Crippen LogP contribution in [0.4, 0.5) is 0 Å². The van der Waals surface area contributed by atoms with Crippen molar-refractivity contribution >= 4 is 17.5 Å². The third kappa shape index (κ3) is 3.25. The standard InChI is InChI=1S/C14H15N3O4/c1-3-11-12(21-7-16-11)14(19)17-9-4-8(13(15)18)5-10(6-9)20-2/h5-7H,3-4H2,1-2H3,(H2,15,18). The van der Waals surface area contributed by atoms with Crippen LogP contribution in [0.25, 0.3) is 0 Å². The van der Waals surface area contributed by atoms with E-state index in [1.54, 1.807) is 6.08 Å². The van der Waals surface area contributed by atoms with Gasteiger partial charge in [-0.3, -0.25) is 9.59 Å². The first-order chi connectivity index (χ1) is 10.0. The lowest BCUT2D eigenvalue weighted by atomic mass is 10.0. The zero-order valence-electron chi connectivity index (χ0n) is 11.8. The molecule has 2 N–H and O–H groups in total. The average molecular weight is 289 g/mol. The van der Waals surface area contributed by atoms with Crippen LogP contribution in [-0.2, 0) is 16.0 Å². The molecule has 0 aromatic carbocycles. The minimum atomic E-state index is -0.577. The highest BCUT2D eigenvalue weighted by atomic mass is 16.5. The molecule has 1 aliphatic carbocycles. The number of allylic oxidation sites excluding steroid dienone is 2. The quantitative estimate of drug-likeness (QED) is 0.894. The fraction of sp³-hybridized carbons (Fsp3) is 0.286. The van der Waals surface area contributed by atoms with Crippen LogP contribution >= 0.6 is 0 Å². The van der Waals surface area contributed by atoms with Crippen LogP contribution in [0.1, 0.15) is 29.6 Å². The molecule has 0 atom stereocenters. The number of hydrogen-bond acceptors (Lipinski definition) is 5.